The highest BCUT2D eigenvalue weighted by Gasteiger charge is 2.39. The lowest BCUT2D eigenvalue weighted by Crippen LogP contribution is -2.45. The van der Waals surface area contributed by atoms with Crippen molar-refractivity contribution in [1.82, 2.24) is 4.90 Å². The van der Waals surface area contributed by atoms with Gasteiger partial charge in [-0.1, -0.05) is 12.1 Å². The van der Waals surface area contributed by atoms with Crippen LogP contribution in [0.4, 0.5) is 10.1 Å². The van der Waals surface area contributed by atoms with E-state index in [-0.39, 0.29) is 42.4 Å². The molecule has 1 aromatic carbocycles. The van der Waals surface area contributed by atoms with Gasteiger partial charge in [0.05, 0.1) is 24.1 Å². The van der Waals surface area contributed by atoms with Crippen LogP contribution in [0.15, 0.2) is 24.3 Å². The van der Waals surface area contributed by atoms with Gasteiger partial charge >= 0.3 is 5.97 Å². The molecule has 0 unspecified atom stereocenters. The number of carbonyl (C=O) groups is 3. The zero-order valence-corrected chi connectivity index (χ0v) is 14.8. The van der Waals surface area contributed by atoms with Gasteiger partial charge in [0.25, 0.3) is 0 Å². The van der Waals surface area contributed by atoms with Gasteiger partial charge in [0.15, 0.2) is 0 Å². The van der Waals surface area contributed by atoms with E-state index in [0.29, 0.717) is 26.1 Å². The topological polar surface area (TPSA) is 66.9 Å². The molecule has 0 aliphatic carbocycles. The van der Waals surface area contributed by atoms with E-state index in [1.807, 2.05) is 0 Å². The van der Waals surface area contributed by atoms with Crippen molar-refractivity contribution in [2.24, 2.45) is 11.8 Å². The highest BCUT2D eigenvalue weighted by atomic mass is 19.1. The molecule has 26 heavy (non-hydrogen) atoms. The van der Waals surface area contributed by atoms with Crippen LogP contribution in [0.1, 0.15) is 26.2 Å². The molecule has 2 aliphatic heterocycles. The lowest BCUT2D eigenvalue weighted by Gasteiger charge is -2.33. The minimum absolute atomic E-state index is 0.0632. The van der Waals surface area contributed by atoms with E-state index in [1.54, 1.807) is 24.0 Å². The number of halogens is 1. The Hall–Kier alpha value is -2.44. The first-order valence-corrected chi connectivity index (χ1v) is 9.01. The second-order valence-corrected chi connectivity index (χ2v) is 6.73. The summed E-state index contributed by atoms with van der Waals surface area (Å²) in [5, 5.41) is 0. The number of hydrogen-bond acceptors (Lipinski definition) is 4. The van der Waals surface area contributed by atoms with Gasteiger partial charge in [0, 0.05) is 26.1 Å². The van der Waals surface area contributed by atoms with Crippen LogP contribution in [0, 0.1) is 17.7 Å². The lowest BCUT2D eigenvalue weighted by molar-refractivity contribution is -0.152. The predicted octanol–water partition coefficient (Wildman–Crippen LogP) is 1.98. The van der Waals surface area contributed by atoms with Gasteiger partial charge in [0.1, 0.15) is 5.82 Å². The van der Waals surface area contributed by atoms with Crippen LogP contribution >= 0.6 is 0 Å². The Kier molecular flexibility index (Phi) is 5.54. The molecule has 0 saturated carbocycles. The fraction of sp³-hybridized carbons (Fsp3) is 0.526. The van der Waals surface area contributed by atoms with Gasteiger partial charge in [-0.05, 0) is 31.9 Å². The molecule has 3 rings (SSSR count). The van der Waals surface area contributed by atoms with E-state index in [4.69, 9.17) is 4.74 Å². The first-order valence-electron chi connectivity index (χ1n) is 9.01. The highest BCUT2D eigenvalue weighted by Crippen LogP contribution is 2.29. The van der Waals surface area contributed by atoms with Crippen molar-refractivity contribution < 1.29 is 23.5 Å². The van der Waals surface area contributed by atoms with Crippen LogP contribution in [0.2, 0.25) is 0 Å². The maximum Gasteiger partial charge on any atom is 0.310 e. The molecule has 140 valence electrons. The number of piperidine rings is 1. The number of esters is 1. The average Bonchev–Trinajstić information content (AvgIpc) is 3.03. The van der Waals surface area contributed by atoms with Crippen LogP contribution < -0.4 is 4.90 Å². The monoisotopic (exact) mass is 362 g/mol. The number of anilines is 1. The molecule has 2 fully saturated rings. The number of carbonyl (C=O) groups excluding carboxylic acids is 3. The van der Waals surface area contributed by atoms with Crippen LogP contribution in [0.25, 0.3) is 0 Å². The largest absolute Gasteiger partial charge is 0.466 e. The number of hydrogen-bond donors (Lipinski definition) is 0. The zero-order chi connectivity index (χ0) is 18.7. The van der Waals surface area contributed by atoms with E-state index in [1.165, 1.54) is 17.0 Å². The van der Waals surface area contributed by atoms with Crippen molar-refractivity contribution in [2.45, 2.75) is 26.2 Å². The third kappa shape index (κ3) is 3.71. The smallest absolute Gasteiger partial charge is 0.310 e. The summed E-state index contributed by atoms with van der Waals surface area (Å²) < 4.78 is 19.0. The number of benzene rings is 1. The Morgan fingerprint density at radius 3 is 2.73 bits per heavy atom. The summed E-state index contributed by atoms with van der Waals surface area (Å²) in [6.45, 7) is 3.13. The lowest BCUT2D eigenvalue weighted by atomic mass is 9.96. The van der Waals surface area contributed by atoms with Gasteiger partial charge in [-0.3, -0.25) is 14.4 Å². The molecule has 7 heteroatoms. The highest BCUT2D eigenvalue weighted by molar-refractivity contribution is 6.00. The SMILES string of the molecule is CCOC(=O)[C@@H]1CCCN(C(=O)[C@@H]2CC(=O)N(c3ccccc3F)C2)C1. The Balaban J connectivity index is 1.66. The van der Waals surface area contributed by atoms with Crippen molar-refractivity contribution in [1.29, 1.82) is 0 Å². The van der Waals surface area contributed by atoms with E-state index in [2.05, 4.69) is 0 Å². The minimum atomic E-state index is -0.511. The summed E-state index contributed by atoms with van der Waals surface area (Å²) in [5.74, 6) is -1.98. The molecule has 0 N–H and O–H groups in total. The van der Waals surface area contributed by atoms with E-state index >= 15 is 0 Å². The predicted molar refractivity (Wildman–Crippen MR) is 92.8 cm³/mol. The molecule has 0 spiro atoms. The van der Waals surface area contributed by atoms with Gasteiger partial charge in [0.2, 0.25) is 11.8 Å². The van der Waals surface area contributed by atoms with Crippen LogP contribution in [-0.2, 0) is 19.1 Å². The molecule has 6 nitrogen and oxygen atoms in total. The van der Waals surface area contributed by atoms with Crippen molar-refractivity contribution in [3.63, 3.8) is 0 Å². The molecule has 2 atom stereocenters. The fourth-order valence-corrected chi connectivity index (χ4v) is 3.66. The molecule has 2 saturated heterocycles. The standard InChI is InChI=1S/C19H23FN2O4/c1-2-26-19(25)13-6-5-9-21(11-13)18(24)14-10-17(23)22(12-14)16-8-4-3-7-15(16)20/h3-4,7-8,13-14H,2,5-6,9-12H2,1H3/t13-,14-/m1/s1. The van der Waals surface area contributed by atoms with Gasteiger partial charge in [-0.25, -0.2) is 4.39 Å². The molecular weight excluding hydrogens is 339 g/mol. The maximum absolute atomic E-state index is 14.0. The Bertz CT molecular complexity index is 709. The van der Waals surface area contributed by atoms with Crippen molar-refractivity contribution in [3.8, 4) is 0 Å². The Labute approximate surface area is 151 Å². The minimum Gasteiger partial charge on any atom is -0.466 e. The number of para-hydroxylation sites is 1. The quantitative estimate of drug-likeness (QED) is 0.768. The number of amides is 2. The summed E-state index contributed by atoms with van der Waals surface area (Å²) in [6.07, 6.45) is 1.49. The normalized spacial score (nSPS) is 23.2. The summed E-state index contributed by atoms with van der Waals surface area (Å²) in [4.78, 5) is 40.1. The second-order valence-electron chi connectivity index (χ2n) is 6.73. The summed E-state index contributed by atoms with van der Waals surface area (Å²) >= 11 is 0. The molecule has 2 heterocycles. The fourth-order valence-electron chi connectivity index (χ4n) is 3.66. The van der Waals surface area contributed by atoms with Gasteiger partial charge in [-0.15, -0.1) is 0 Å². The third-order valence-corrected chi connectivity index (χ3v) is 4.97. The summed E-state index contributed by atoms with van der Waals surface area (Å²) in [7, 11) is 0. The van der Waals surface area contributed by atoms with Crippen molar-refractivity contribution in [2.75, 3.05) is 31.1 Å². The Morgan fingerprint density at radius 2 is 2.00 bits per heavy atom. The second kappa shape index (κ2) is 7.85. The molecular formula is C19H23FN2O4. The Morgan fingerprint density at radius 1 is 1.23 bits per heavy atom. The van der Waals surface area contributed by atoms with E-state index < -0.39 is 11.7 Å². The maximum atomic E-state index is 14.0. The number of likely N-dealkylation sites (tertiary alicyclic amines) is 1. The average molecular weight is 362 g/mol. The first-order chi connectivity index (χ1) is 12.5. The molecule has 2 aliphatic rings. The van der Waals surface area contributed by atoms with Crippen molar-refractivity contribution in [3.05, 3.63) is 30.1 Å². The first kappa shape index (κ1) is 18.4. The number of rotatable bonds is 4. The summed E-state index contributed by atoms with van der Waals surface area (Å²) in [6, 6.07) is 6.06. The number of ether oxygens (including phenoxy) is 1. The number of nitrogens with zero attached hydrogens (tertiary/aromatic N) is 2. The molecule has 2 amide bonds. The van der Waals surface area contributed by atoms with Gasteiger partial charge in [-0.2, -0.15) is 0 Å². The van der Waals surface area contributed by atoms with E-state index in [9.17, 15) is 18.8 Å². The zero-order valence-electron chi connectivity index (χ0n) is 14.8. The van der Waals surface area contributed by atoms with Crippen LogP contribution in [0.5, 0.6) is 0 Å². The molecule has 0 aromatic heterocycles. The third-order valence-electron chi connectivity index (χ3n) is 4.97. The van der Waals surface area contributed by atoms with E-state index in [0.717, 1.165) is 6.42 Å². The summed E-state index contributed by atoms with van der Waals surface area (Å²) in [5.41, 5.74) is 0.204. The van der Waals surface area contributed by atoms with Crippen molar-refractivity contribution >= 4 is 23.5 Å². The van der Waals surface area contributed by atoms with Crippen LogP contribution in [0.3, 0.4) is 0 Å². The molecule has 0 bridgehead atoms. The van der Waals surface area contributed by atoms with Crippen LogP contribution in [-0.4, -0.2) is 48.9 Å². The molecule has 1 aromatic rings. The van der Waals surface area contributed by atoms with Gasteiger partial charge < -0.3 is 14.5 Å². The molecule has 0 radical (unpaired) electrons.